The molecule has 0 unspecified atom stereocenters. The molecule has 0 radical (unpaired) electrons. The fourth-order valence-corrected chi connectivity index (χ4v) is 6.39. The Morgan fingerprint density at radius 2 is 1.68 bits per heavy atom. The second kappa shape index (κ2) is 11.5. The van der Waals surface area contributed by atoms with Crippen LogP contribution in [0.5, 0.6) is 17.2 Å². The van der Waals surface area contributed by atoms with Crippen molar-refractivity contribution in [2.24, 2.45) is 0 Å². The van der Waals surface area contributed by atoms with Crippen LogP contribution >= 0.6 is 11.6 Å². The summed E-state index contributed by atoms with van der Waals surface area (Å²) < 4.78 is 23.4. The third-order valence-electron chi connectivity index (χ3n) is 8.09. The maximum atomic E-state index is 11.8. The van der Waals surface area contributed by atoms with Gasteiger partial charge in [-0.2, -0.15) is 0 Å². The average molecular weight is 569 g/mol. The molecule has 0 saturated carbocycles. The number of fused-ring (bicyclic) bond motifs is 2. The summed E-state index contributed by atoms with van der Waals surface area (Å²) in [6.45, 7) is 5.23. The van der Waals surface area contributed by atoms with Gasteiger partial charge in [0, 0.05) is 28.1 Å². The van der Waals surface area contributed by atoms with E-state index in [1.54, 1.807) is 0 Å². The van der Waals surface area contributed by atoms with Gasteiger partial charge >= 0.3 is 5.97 Å². The van der Waals surface area contributed by atoms with Crippen molar-refractivity contribution >= 4 is 17.6 Å². The number of hydrogen-bond donors (Lipinski definition) is 0. The van der Waals surface area contributed by atoms with Gasteiger partial charge in [-0.15, -0.1) is 0 Å². The number of esters is 1. The molecule has 0 aromatic heterocycles. The van der Waals surface area contributed by atoms with E-state index in [-0.39, 0.29) is 18.0 Å². The Hall–Kier alpha value is -3.96. The Bertz CT molecular complexity index is 1570. The third kappa shape index (κ3) is 5.51. The molecule has 4 aromatic carbocycles. The molecule has 2 atom stereocenters. The highest BCUT2D eigenvalue weighted by molar-refractivity contribution is 6.33. The van der Waals surface area contributed by atoms with Crippen LogP contribution in [-0.2, 0) is 22.6 Å². The molecule has 0 spiro atoms. The highest BCUT2D eigenvalue weighted by Gasteiger charge is 2.31. The highest BCUT2D eigenvalue weighted by Crippen LogP contribution is 2.46. The molecule has 2 aliphatic rings. The van der Waals surface area contributed by atoms with Gasteiger partial charge in [0.15, 0.2) is 0 Å². The van der Waals surface area contributed by atoms with Gasteiger partial charge in [0.2, 0.25) is 0 Å². The topological polar surface area (TPSA) is 54.0 Å². The Kier molecular flexibility index (Phi) is 7.63. The van der Waals surface area contributed by atoms with Gasteiger partial charge in [-0.25, -0.2) is 0 Å². The molecule has 6 heteroatoms. The maximum Gasteiger partial charge on any atom is 0.306 e. The Labute approximate surface area is 246 Å². The molecule has 1 aliphatic heterocycles. The van der Waals surface area contributed by atoms with Crippen LogP contribution in [0.25, 0.3) is 11.1 Å². The molecule has 0 fully saturated rings. The minimum atomic E-state index is -0.233. The monoisotopic (exact) mass is 568 g/mol. The normalized spacial score (nSPS) is 17.0. The first-order valence-electron chi connectivity index (χ1n) is 14.0. The molecule has 210 valence electrons. The first-order valence-corrected chi connectivity index (χ1v) is 14.4. The molecule has 1 aliphatic carbocycles. The number of carbonyl (C=O) groups is 1. The summed E-state index contributed by atoms with van der Waals surface area (Å²) in [7, 11) is 1.41. The molecular formula is C35H33ClO5. The molecule has 0 bridgehead atoms. The lowest BCUT2D eigenvalue weighted by Crippen LogP contribution is -2.09. The van der Waals surface area contributed by atoms with E-state index in [0.29, 0.717) is 19.6 Å². The van der Waals surface area contributed by atoms with Gasteiger partial charge in [-0.3, -0.25) is 4.79 Å². The van der Waals surface area contributed by atoms with Crippen molar-refractivity contribution in [3.63, 3.8) is 0 Å². The molecule has 0 N–H and O–H groups in total. The molecule has 1 heterocycles. The van der Waals surface area contributed by atoms with Gasteiger partial charge in [-0.05, 0) is 84.3 Å². The zero-order chi connectivity index (χ0) is 28.5. The zero-order valence-corrected chi connectivity index (χ0v) is 24.3. The van der Waals surface area contributed by atoms with Crippen LogP contribution in [0, 0.1) is 13.8 Å². The summed E-state index contributed by atoms with van der Waals surface area (Å²) in [4.78, 5) is 11.8. The fourth-order valence-electron chi connectivity index (χ4n) is 6.12. The van der Waals surface area contributed by atoms with Gasteiger partial charge in [0.25, 0.3) is 0 Å². The predicted molar refractivity (Wildman–Crippen MR) is 160 cm³/mol. The molecule has 0 amide bonds. The largest absolute Gasteiger partial charge is 0.492 e. The van der Waals surface area contributed by atoms with Gasteiger partial charge in [0.1, 0.15) is 30.0 Å². The minimum Gasteiger partial charge on any atom is -0.492 e. The summed E-state index contributed by atoms with van der Waals surface area (Å²) in [5.74, 6) is 2.15. The Balaban J connectivity index is 1.23. The average Bonchev–Trinajstić information content (AvgIpc) is 3.56. The van der Waals surface area contributed by atoms with E-state index >= 15 is 0 Å². The standard InChI is InChI=1S/C35H33ClO5/c1-21-15-26(39-19-23-7-5-4-6-8-23)16-22(2)34(21)35-29-12-14-31(28(29)11-13-30(35)36)41-25-9-10-27-24(17-33(37)38-3)20-40-32(27)18-25/h4-11,13,15-16,18,24,31H,12,14,17,19-20H2,1-3H3/t24-,31-/m1/s1. The number of benzene rings is 4. The van der Waals surface area contributed by atoms with E-state index in [9.17, 15) is 4.79 Å². The number of methoxy groups -OCH3 is 1. The van der Waals surface area contributed by atoms with Crippen molar-refractivity contribution in [1.29, 1.82) is 0 Å². The molecule has 0 saturated heterocycles. The smallest absolute Gasteiger partial charge is 0.306 e. The van der Waals surface area contributed by atoms with Crippen LogP contribution in [0.4, 0.5) is 0 Å². The Morgan fingerprint density at radius 3 is 2.44 bits per heavy atom. The first kappa shape index (κ1) is 27.2. The molecule has 5 nitrogen and oxygen atoms in total. The van der Waals surface area contributed by atoms with Crippen molar-refractivity contribution in [1.82, 2.24) is 0 Å². The van der Waals surface area contributed by atoms with Crippen molar-refractivity contribution < 1.29 is 23.7 Å². The van der Waals surface area contributed by atoms with Gasteiger partial charge in [0.05, 0.1) is 20.1 Å². The van der Waals surface area contributed by atoms with E-state index in [0.717, 1.165) is 74.1 Å². The number of ether oxygens (including phenoxy) is 4. The van der Waals surface area contributed by atoms with Crippen molar-refractivity contribution in [2.75, 3.05) is 13.7 Å². The second-order valence-electron chi connectivity index (χ2n) is 10.8. The maximum absolute atomic E-state index is 11.8. The highest BCUT2D eigenvalue weighted by atomic mass is 35.5. The van der Waals surface area contributed by atoms with Crippen LogP contribution in [0.15, 0.2) is 72.8 Å². The number of carbonyl (C=O) groups excluding carboxylic acids is 1. The van der Waals surface area contributed by atoms with Crippen molar-refractivity contribution in [2.45, 2.75) is 51.7 Å². The lowest BCUT2D eigenvalue weighted by atomic mass is 9.90. The first-order chi connectivity index (χ1) is 19.9. The van der Waals surface area contributed by atoms with Crippen LogP contribution < -0.4 is 14.2 Å². The third-order valence-corrected chi connectivity index (χ3v) is 8.41. The number of aryl methyl sites for hydroxylation is 2. The fraction of sp³-hybridized carbons (Fsp3) is 0.286. The Morgan fingerprint density at radius 1 is 0.927 bits per heavy atom. The summed E-state index contributed by atoms with van der Waals surface area (Å²) in [6.07, 6.45) is 1.97. The minimum absolute atomic E-state index is 0.00464. The van der Waals surface area contributed by atoms with Crippen LogP contribution in [0.2, 0.25) is 5.02 Å². The molecule has 6 rings (SSSR count). The van der Waals surface area contributed by atoms with E-state index in [1.165, 1.54) is 12.7 Å². The van der Waals surface area contributed by atoms with Gasteiger partial charge in [-0.1, -0.05) is 54.1 Å². The van der Waals surface area contributed by atoms with E-state index in [4.69, 9.17) is 30.5 Å². The van der Waals surface area contributed by atoms with Crippen LogP contribution in [0.1, 0.15) is 58.2 Å². The molecule has 41 heavy (non-hydrogen) atoms. The zero-order valence-electron chi connectivity index (χ0n) is 23.5. The molecular weight excluding hydrogens is 536 g/mol. The van der Waals surface area contributed by atoms with Crippen molar-refractivity contribution in [3.8, 4) is 28.4 Å². The number of rotatable bonds is 8. The summed E-state index contributed by atoms with van der Waals surface area (Å²) >= 11 is 6.88. The van der Waals surface area contributed by atoms with E-state index in [2.05, 4.69) is 44.2 Å². The molecule has 4 aromatic rings. The van der Waals surface area contributed by atoms with Crippen LogP contribution in [0.3, 0.4) is 0 Å². The van der Waals surface area contributed by atoms with Gasteiger partial charge < -0.3 is 18.9 Å². The lowest BCUT2D eigenvalue weighted by Gasteiger charge is -2.20. The quantitative estimate of drug-likeness (QED) is 0.200. The van der Waals surface area contributed by atoms with E-state index in [1.807, 2.05) is 42.5 Å². The summed E-state index contributed by atoms with van der Waals surface area (Å²) in [6, 6.07) is 24.4. The summed E-state index contributed by atoms with van der Waals surface area (Å²) in [5, 5.41) is 0.746. The summed E-state index contributed by atoms with van der Waals surface area (Å²) in [5.41, 5.74) is 9.06. The van der Waals surface area contributed by atoms with Crippen LogP contribution in [-0.4, -0.2) is 19.7 Å². The predicted octanol–water partition coefficient (Wildman–Crippen LogP) is 8.31. The number of halogens is 1. The lowest BCUT2D eigenvalue weighted by molar-refractivity contribution is -0.141. The SMILES string of the molecule is COC(=O)C[C@@H]1COc2cc(O[C@@H]3CCc4c3ccc(Cl)c4-c3c(C)cc(OCc4ccccc4)cc3C)ccc21. The van der Waals surface area contributed by atoms with Crippen molar-refractivity contribution in [3.05, 3.63) is 111 Å². The number of hydrogen-bond acceptors (Lipinski definition) is 5. The second-order valence-corrected chi connectivity index (χ2v) is 11.2. The van der Waals surface area contributed by atoms with E-state index < -0.39 is 0 Å².